The molecule has 138 valence electrons. The number of hydrogen-bond donors (Lipinski definition) is 2. The lowest BCUT2D eigenvalue weighted by Crippen LogP contribution is -2.31. The van der Waals surface area contributed by atoms with E-state index in [0.29, 0.717) is 6.54 Å². The zero-order chi connectivity index (χ0) is 18.9. The van der Waals surface area contributed by atoms with Gasteiger partial charge in [0.15, 0.2) is 0 Å². The third kappa shape index (κ3) is 6.11. The Kier molecular flexibility index (Phi) is 7.53. The van der Waals surface area contributed by atoms with Gasteiger partial charge in [-0.15, -0.1) is 11.8 Å². The molecular weight excluding hydrogens is 348 g/mol. The molecule has 2 aromatic rings. The molecule has 0 radical (unpaired) electrons. The minimum Gasteiger partial charge on any atom is -0.496 e. The number of methoxy groups -OCH3 is 1. The number of thioether (sulfide) groups is 1. The highest BCUT2D eigenvalue weighted by atomic mass is 32.2. The fraction of sp³-hybridized carbons (Fsp3) is 0.300. The molecule has 2 aromatic carbocycles. The van der Waals surface area contributed by atoms with E-state index in [1.165, 1.54) is 11.8 Å². The molecule has 6 heteroatoms. The predicted molar refractivity (Wildman–Crippen MR) is 107 cm³/mol. The molecule has 0 aliphatic heterocycles. The summed E-state index contributed by atoms with van der Waals surface area (Å²) in [5.74, 6) is 0.731. The number of carbonyl (C=O) groups excluding carboxylic acids is 2. The van der Waals surface area contributed by atoms with Crippen molar-refractivity contribution in [3.8, 4) is 5.75 Å². The average molecular weight is 372 g/mol. The number of anilines is 1. The van der Waals surface area contributed by atoms with Crippen molar-refractivity contribution in [2.75, 3.05) is 18.2 Å². The first-order valence-electron chi connectivity index (χ1n) is 8.37. The van der Waals surface area contributed by atoms with Crippen LogP contribution in [0.1, 0.15) is 18.1 Å². The highest BCUT2D eigenvalue weighted by molar-refractivity contribution is 8.01. The molecule has 0 aliphatic carbocycles. The Morgan fingerprint density at radius 3 is 2.50 bits per heavy atom. The molecule has 0 saturated carbocycles. The molecular formula is C20H24N2O3S. The van der Waals surface area contributed by atoms with Crippen LogP contribution in [0, 0.1) is 6.92 Å². The predicted octanol–water partition coefficient (Wildman–Crippen LogP) is 3.38. The second-order valence-corrected chi connectivity index (χ2v) is 7.23. The number of para-hydroxylation sites is 1. The summed E-state index contributed by atoms with van der Waals surface area (Å²) >= 11 is 1.30. The van der Waals surface area contributed by atoms with Gasteiger partial charge in [0.2, 0.25) is 11.8 Å². The largest absolute Gasteiger partial charge is 0.496 e. The van der Waals surface area contributed by atoms with Gasteiger partial charge in [-0.05, 0) is 32.0 Å². The minimum absolute atomic E-state index is 0.107. The van der Waals surface area contributed by atoms with Crippen LogP contribution in [0.25, 0.3) is 0 Å². The fourth-order valence-corrected chi connectivity index (χ4v) is 2.99. The van der Waals surface area contributed by atoms with E-state index >= 15 is 0 Å². The molecule has 2 N–H and O–H groups in total. The molecule has 0 aromatic heterocycles. The van der Waals surface area contributed by atoms with Crippen molar-refractivity contribution < 1.29 is 14.3 Å². The van der Waals surface area contributed by atoms with Crippen molar-refractivity contribution in [3.63, 3.8) is 0 Å². The van der Waals surface area contributed by atoms with E-state index in [2.05, 4.69) is 10.6 Å². The summed E-state index contributed by atoms with van der Waals surface area (Å²) in [7, 11) is 1.60. The van der Waals surface area contributed by atoms with Gasteiger partial charge in [-0.2, -0.15) is 0 Å². The SMILES string of the molecule is COc1ccccc1CNC(=O)C(C)SCC(=O)Nc1ccc(C)cc1. The minimum atomic E-state index is -0.325. The first-order valence-corrected chi connectivity index (χ1v) is 9.42. The lowest BCUT2D eigenvalue weighted by Gasteiger charge is -2.13. The Bertz CT molecular complexity index is 747. The van der Waals surface area contributed by atoms with Crippen molar-refractivity contribution >= 4 is 29.3 Å². The van der Waals surface area contributed by atoms with E-state index in [4.69, 9.17) is 4.74 Å². The molecule has 0 saturated heterocycles. The Morgan fingerprint density at radius 1 is 1.12 bits per heavy atom. The van der Waals surface area contributed by atoms with Crippen molar-refractivity contribution in [1.29, 1.82) is 0 Å². The third-order valence-corrected chi connectivity index (χ3v) is 4.96. The van der Waals surface area contributed by atoms with Crippen LogP contribution in [0.4, 0.5) is 5.69 Å². The molecule has 1 atom stereocenters. The Hall–Kier alpha value is -2.47. The van der Waals surface area contributed by atoms with Crippen LogP contribution in [0.3, 0.4) is 0 Å². The zero-order valence-electron chi connectivity index (χ0n) is 15.2. The number of nitrogens with one attached hydrogen (secondary N) is 2. The zero-order valence-corrected chi connectivity index (χ0v) is 16.1. The molecule has 26 heavy (non-hydrogen) atoms. The van der Waals surface area contributed by atoms with Gasteiger partial charge < -0.3 is 15.4 Å². The second kappa shape index (κ2) is 9.87. The summed E-state index contributed by atoms with van der Waals surface area (Å²) in [6, 6.07) is 15.2. The summed E-state index contributed by atoms with van der Waals surface area (Å²) in [6.07, 6.45) is 0. The number of hydrogen-bond acceptors (Lipinski definition) is 4. The third-order valence-electron chi connectivity index (χ3n) is 3.81. The number of rotatable bonds is 8. The van der Waals surface area contributed by atoms with E-state index in [1.54, 1.807) is 14.0 Å². The maximum Gasteiger partial charge on any atom is 0.234 e. The molecule has 0 aliphatic rings. The quantitative estimate of drug-likeness (QED) is 0.745. The van der Waals surface area contributed by atoms with Gasteiger partial charge in [0, 0.05) is 17.8 Å². The van der Waals surface area contributed by atoms with Crippen molar-refractivity contribution in [1.82, 2.24) is 5.32 Å². The average Bonchev–Trinajstić information content (AvgIpc) is 2.66. The van der Waals surface area contributed by atoms with Crippen LogP contribution in [0.2, 0.25) is 0 Å². The van der Waals surface area contributed by atoms with E-state index in [-0.39, 0.29) is 22.8 Å². The van der Waals surface area contributed by atoms with E-state index in [0.717, 1.165) is 22.6 Å². The Balaban J connectivity index is 1.76. The Morgan fingerprint density at radius 2 is 1.81 bits per heavy atom. The van der Waals surface area contributed by atoms with E-state index in [1.807, 2.05) is 55.5 Å². The molecule has 0 fully saturated rings. The van der Waals surface area contributed by atoms with E-state index in [9.17, 15) is 9.59 Å². The monoisotopic (exact) mass is 372 g/mol. The number of ether oxygens (including phenoxy) is 1. The smallest absolute Gasteiger partial charge is 0.234 e. The molecule has 0 spiro atoms. The first kappa shape index (κ1) is 19.8. The van der Waals surface area contributed by atoms with Gasteiger partial charge in [0.1, 0.15) is 5.75 Å². The maximum atomic E-state index is 12.2. The van der Waals surface area contributed by atoms with Gasteiger partial charge in [-0.25, -0.2) is 0 Å². The van der Waals surface area contributed by atoms with Crippen LogP contribution in [0.15, 0.2) is 48.5 Å². The van der Waals surface area contributed by atoms with Crippen molar-refractivity contribution in [3.05, 3.63) is 59.7 Å². The molecule has 0 heterocycles. The normalized spacial score (nSPS) is 11.5. The molecule has 2 amide bonds. The van der Waals surface area contributed by atoms with Gasteiger partial charge >= 0.3 is 0 Å². The summed E-state index contributed by atoms with van der Waals surface area (Å²) in [5, 5.41) is 5.38. The van der Waals surface area contributed by atoms with E-state index < -0.39 is 0 Å². The van der Waals surface area contributed by atoms with Crippen molar-refractivity contribution in [2.45, 2.75) is 25.6 Å². The number of amides is 2. The van der Waals surface area contributed by atoms with Crippen molar-refractivity contribution in [2.24, 2.45) is 0 Å². The number of aryl methyl sites for hydroxylation is 1. The Labute approximate surface area is 158 Å². The lowest BCUT2D eigenvalue weighted by molar-refractivity contribution is -0.120. The highest BCUT2D eigenvalue weighted by Crippen LogP contribution is 2.18. The maximum absolute atomic E-state index is 12.2. The first-order chi connectivity index (χ1) is 12.5. The number of benzene rings is 2. The lowest BCUT2D eigenvalue weighted by atomic mass is 10.2. The second-order valence-electron chi connectivity index (χ2n) is 5.90. The van der Waals surface area contributed by atoms with Gasteiger partial charge in [-0.3, -0.25) is 9.59 Å². The molecule has 1 unspecified atom stereocenters. The topological polar surface area (TPSA) is 67.4 Å². The van der Waals surface area contributed by atoms with Gasteiger partial charge in [0.25, 0.3) is 0 Å². The van der Waals surface area contributed by atoms with Crippen LogP contribution in [0.5, 0.6) is 5.75 Å². The van der Waals surface area contributed by atoms with Gasteiger partial charge in [0.05, 0.1) is 18.1 Å². The van der Waals surface area contributed by atoms with Crippen LogP contribution >= 0.6 is 11.8 Å². The van der Waals surface area contributed by atoms with Crippen LogP contribution in [-0.4, -0.2) is 29.9 Å². The standard InChI is InChI=1S/C20H24N2O3S/c1-14-8-10-17(11-9-14)22-19(23)13-26-15(2)20(24)21-12-16-6-4-5-7-18(16)25-3/h4-11,15H,12-13H2,1-3H3,(H,21,24)(H,22,23). The number of carbonyl (C=O) groups is 2. The van der Waals surface area contributed by atoms with Gasteiger partial charge in [-0.1, -0.05) is 35.9 Å². The molecule has 2 rings (SSSR count). The summed E-state index contributed by atoms with van der Waals surface area (Å²) in [4.78, 5) is 24.2. The van der Waals surface area contributed by atoms with Crippen LogP contribution in [-0.2, 0) is 16.1 Å². The van der Waals surface area contributed by atoms with Crippen LogP contribution < -0.4 is 15.4 Å². The molecule has 0 bridgehead atoms. The molecule has 5 nitrogen and oxygen atoms in total. The summed E-state index contributed by atoms with van der Waals surface area (Å²) < 4.78 is 5.27. The summed E-state index contributed by atoms with van der Waals surface area (Å²) in [5.41, 5.74) is 2.81. The summed E-state index contributed by atoms with van der Waals surface area (Å²) in [6.45, 7) is 4.18. The fourth-order valence-electron chi connectivity index (χ4n) is 2.29. The highest BCUT2D eigenvalue weighted by Gasteiger charge is 2.15.